The summed E-state index contributed by atoms with van der Waals surface area (Å²) >= 11 is 3.41. The van der Waals surface area contributed by atoms with Gasteiger partial charge < -0.3 is 5.32 Å². The van der Waals surface area contributed by atoms with E-state index in [1.807, 2.05) is 18.3 Å². The first-order valence-electron chi connectivity index (χ1n) is 9.81. The summed E-state index contributed by atoms with van der Waals surface area (Å²) in [5.74, 6) is 2.15. The topological polar surface area (TPSA) is 54.9 Å². The molecule has 0 unspecified atom stereocenters. The van der Waals surface area contributed by atoms with Crippen molar-refractivity contribution >= 4 is 39.2 Å². The minimum absolute atomic E-state index is 0.143. The molecule has 0 aliphatic heterocycles. The van der Waals surface area contributed by atoms with Gasteiger partial charge in [-0.05, 0) is 50.5 Å². The molecular weight excluding hydrogens is 362 g/mol. The predicted octanol–water partition coefficient (Wildman–Crippen LogP) is 4.67. The second kappa shape index (κ2) is 7.85. The first-order valence-corrected chi connectivity index (χ1v) is 11.6. The number of fused-ring (bicyclic) bond motifs is 3. The number of nitrogens with one attached hydrogen (secondary N) is 1. The Kier molecular flexibility index (Phi) is 5.50. The van der Waals surface area contributed by atoms with Crippen LogP contribution in [-0.4, -0.2) is 27.7 Å². The van der Waals surface area contributed by atoms with Gasteiger partial charge >= 0.3 is 0 Å². The van der Waals surface area contributed by atoms with Crippen LogP contribution in [0.4, 0.5) is 0 Å². The third kappa shape index (κ3) is 3.91. The third-order valence-corrected chi connectivity index (χ3v) is 7.67. The lowest BCUT2D eigenvalue weighted by Crippen LogP contribution is -2.37. The zero-order chi connectivity index (χ0) is 18.1. The van der Waals surface area contributed by atoms with Crippen molar-refractivity contribution in [2.45, 2.75) is 76.3 Å². The Morgan fingerprint density at radius 2 is 2.04 bits per heavy atom. The Morgan fingerprint density at radius 3 is 2.85 bits per heavy atom. The van der Waals surface area contributed by atoms with Crippen LogP contribution in [0.1, 0.15) is 61.7 Å². The number of carbonyl (C=O) groups is 1. The molecule has 0 bridgehead atoms. The van der Waals surface area contributed by atoms with Crippen molar-refractivity contribution in [2.24, 2.45) is 5.92 Å². The second-order valence-electron chi connectivity index (χ2n) is 7.80. The van der Waals surface area contributed by atoms with Crippen LogP contribution in [0.2, 0.25) is 0 Å². The van der Waals surface area contributed by atoms with Crippen LogP contribution in [0, 0.1) is 12.8 Å². The van der Waals surface area contributed by atoms with Gasteiger partial charge in [0.15, 0.2) is 0 Å². The van der Waals surface area contributed by atoms with Gasteiger partial charge in [-0.3, -0.25) is 4.79 Å². The maximum absolute atomic E-state index is 12.4. The number of hydrogen-bond donors (Lipinski definition) is 1. The Morgan fingerprint density at radius 1 is 1.23 bits per heavy atom. The van der Waals surface area contributed by atoms with Gasteiger partial charge in [-0.15, -0.1) is 11.3 Å². The van der Waals surface area contributed by atoms with Gasteiger partial charge in [0.05, 0.1) is 5.75 Å². The fourth-order valence-corrected chi connectivity index (χ4v) is 6.57. The van der Waals surface area contributed by atoms with Gasteiger partial charge in [0.25, 0.3) is 0 Å². The molecule has 0 radical (unpaired) electrons. The molecule has 0 saturated heterocycles. The number of aryl methyl sites for hydroxylation is 2. The number of thiophene rings is 1. The highest BCUT2D eigenvalue weighted by Crippen LogP contribution is 2.40. The molecule has 0 spiro atoms. The summed E-state index contributed by atoms with van der Waals surface area (Å²) in [4.78, 5) is 24.4. The van der Waals surface area contributed by atoms with Crippen molar-refractivity contribution in [3.8, 4) is 0 Å². The highest BCUT2D eigenvalue weighted by molar-refractivity contribution is 8.00. The van der Waals surface area contributed by atoms with Crippen LogP contribution in [0.5, 0.6) is 0 Å². The minimum Gasteiger partial charge on any atom is -0.353 e. The number of hydrogen-bond acceptors (Lipinski definition) is 5. The molecule has 6 heteroatoms. The van der Waals surface area contributed by atoms with Crippen LogP contribution in [0.15, 0.2) is 5.03 Å². The standard InChI is InChI=1S/C20H27N3OS2/c1-12-8-9-15-16(10-12)26-20-18(15)19(21-13(2)22-20)25-11-17(24)23-14-6-4-3-5-7-14/h12,14H,3-11H2,1-2H3,(H,23,24)/t12-/m1/s1. The molecule has 1 fully saturated rings. The lowest BCUT2D eigenvalue weighted by molar-refractivity contribution is -0.119. The first-order chi connectivity index (χ1) is 12.6. The van der Waals surface area contributed by atoms with Crippen molar-refractivity contribution < 1.29 is 4.79 Å². The fraction of sp³-hybridized carbons (Fsp3) is 0.650. The summed E-state index contributed by atoms with van der Waals surface area (Å²) in [5, 5.41) is 5.43. The van der Waals surface area contributed by atoms with Crippen LogP contribution in [0.25, 0.3) is 10.2 Å². The predicted molar refractivity (Wildman–Crippen MR) is 109 cm³/mol. The number of rotatable bonds is 4. The zero-order valence-electron chi connectivity index (χ0n) is 15.6. The average Bonchev–Trinajstić information content (AvgIpc) is 2.97. The average molecular weight is 390 g/mol. The van der Waals surface area contributed by atoms with Crippen LogP contribution >= 0.6 is 23.1 Å². The van der Waals surface area contributed by atoms with Crippen LogP contribution in [-0.2, 0) is 17.6 Å². The van der Waals surface area contributed by atoms with Crippen molar-refractivity contribution in [3.63, 3.8) is 0 Å². The molecule has 2 aliphatic rings. The molecular formula is C20H27N3OS2. The largest absolute Gasteiger partial charge is 0.353 e. The van der Waals surface area contributed by atoms with E-state index in [1.165, 1.54) is 41.5 Å². The zero-order valence-corrected chi connectivity index (χ0v) is 17.3. The number of aromatic nitrogens is 2. The molecule has 26 heavy (non-hydrogen) atoms. The number of amides is 1. The molecule has 4 nitrogen and oxygen atoms in total. The molecule has 1 atom stereocenters. The first kappa shape index (κ1) is 18.2. The van der Waals surface area contributed by atoms with Gasteiger partial charge in [0, 0.05) is 16.3 Å². The van der Waals surface area contributed by atoms with E-state index < -0.39 is 0 Å². The summed E-state index contributed by atoms with van der Waals surface area (Å²) in [5.41, 5.74) is 1.44. The van der Waals surface area contributed by atoms with Gasteiger partial charge in [-0.2, -0.15) is 0 Å². The summed E-state index contributed by atoms with van der Waals surface area (Å²) in [7, 11) is 0. The number of thioether (sulfide) groups is 1. The summed E-state index contributed by atoms with van der Waals surface area (Å²) in [6.45, 7) is 4.28. The normalized spacial score (nSPS) is 20.9. The molecule has 4 rings (SSSR count). The van der Waals surface area contributed by atoms with Crippen molar-refractivity contribution in [2.75, 3.05) is 5.75 Å². The van der Waals surface area contributed by atoms with Gasteiger partial charge in [0.1, 0.15) is 15.7 Å². The maximum Gasteiger partial charge on any atom is 0.230 e. The Balaban J connectivity index is 1.51. The molecule has 1 N–H and O–H groups in total. The van der Waals surface area contributed by atoms with Crippen molar-refractivity contribution in [1.82, 2.24) is 15.3 Å². The van der Waals surface area contributed by atoms with Crippen LogP contribution in [0.3, 0.4) is 0 Å². The lowest BCUT2D eigenvalue weighted by Gasteiger charge is -2.22. The van der Waals surface area contributed by atoms with E-state index in [9.17, 15) is 4.79 Å². The Hall–Kier alpha value is -1.14. The van der Waals surface area contributed by atoms with E-state index in [-0.39, 0.29) is 5.91 Å². The van der Waals surface area contributed by atoms with Crippen LogP contribution < -0.4 is 5.32 Å². The summed E-state index contributed by atoms with van der Waals surface area (Å²) in [6.07, 6.45) is 9.55. The highest BCUT2D eigenvalue weighted by atomic mass is 32.2. The van der Waals surface area contributed by atoms with Crippen molar-refractivity contribution in [3.05, 3.63) is 16.3 Å². The van der Waals surface area contributed by atoms with E-state index in [0.29, 0.717) is 11.8 Å². The molecule has 140 valence electrons. The Labute approximate surface area is 163 Å². The number of carbonyl (C=O) groups excluding carboxylic acids is 1. The van der Waals surface area contributed by atoms with Gasteiger partial charge in [-0.1, -0.05) is 37.9 Å². The number of nitrogens with zero attached hydrogens (tertiary/aromatic N) is 2. The lowest BCUT2D eigenvalue weighted by atomic mass is 9.89. The third-order valence-electron chi connectivity index (χ3n) is 5.54. The van der Waals surface area contributed by atoms with E-state index in [4.69, 9.17) is 4.98 Å². The molecule has 2 aliphatic carbocycles. The molecule has 2 aromatic heterocycles. The van der Waals surface area contributed by atoms with E-state index in [2.05, 4.69) is 17.2 Å². The molecule has 1 saturated carbocycles. The molecule has 0 aromatic carbocycles. The minimum atomic E-state index is 0.143. The summed E-state index contributed by atoms with van der Waals surface area (Å²) in [6, 6.07) is 0.374. The Bertz CT molecular complexity index is 811. The van der Waals surface area contributed by atoms with Gasteiger partial charge in [0.2, 0.25) is 5.91 Å². The highest BCUT2D eigenvalue weighted by Gasteiger charge is 2.24. The van der Waals surface area contributed by atoms with E-state index in [0.717, 1.165) is 47.3 Å². The van der Waals surface area contributed by atoms with E-state index in [1.54, 1.807) is 11.8 Å². The fourth-order valence-electron chi connectivity index (χ4n) is 4.17. The maximum atomic E-state index is 12.4. The second-order valence-corrected chi connectivity index (χ2v) is 9.85. The quantitative estimate of drug-likeness (QED) is 0.610. The molecule has 2 aromatic rings. The monoisotopic (exact) mass is 389 g/mol. The smallest absolute Gasteiger partial charge is 0.230 e. The molecule has 1 amide bonds. The SMILES string of the molecule is Cc1nc(SCC(=O)NC2CCCCC2)c2c3c(sc2n1)C[C@H](C)CC3. The molecule has 2 heterocycles. The summed E-state index contributed by atoms with van der Waals surface area (Å²) < 4.78 is 0. The van der Waals surface area contributed by atoms with E-state index >= 15 is 0 Å². The van der Waals surface area contributed by atoms with Crippen molar-refractivity contribution in [1.29, 1.82) is 0 Å². The van der Waals surface area contributed by atoms with Gasteiger partial charge in [-0.25, -0.2) is 9.97 Å².